The Morgan fingerprint density at radius 2 is 2.00 bits per heavy atom. The maximum absolute atomic E-state index is 12.7. The predicted octanol–water partition coefficient (Wildman–Crippen LogP) is 4.80. The standard InChI is InChI=1S/C19H23F3N4S/c1-12(2)13(3)10-26-6-4-14(5-7-26)25-17-16-8-15(9-19(20,21)22)27-18(16)24-11-23-17/h8,11,14H,1,3-7,9-10H2,2H3,(H,23,24,25). The number of anilines is 1. The van der Waals surface area contributed by atoms with Gasteiger partial charge in [-0.1, -0.05) is 18.7 Å². The van der Waals surface area contributed by atoms with Gasteiger partial charge in [0, 0.05) is 30.6 Å². The van der Waals surface area contributed by atoms with E-state index in [1.807, 2.05) is 6.92 Å². The molecule has 0 radical (unpaired) electrons. The second-order valence-electron chi connectivity index (χ2n) is 7.02. The van der Waals surface area contributed by atoms with Crippen molar-refractivity contribution in [2.24, 2.45) is 0 Å². The maximum atomic E-state index is 12.7. The van der Waals surface area contributed by atoms with E-state index in [1.54, 1.807) is 6.07 Å². The highest BCUT2D eigenvalue weighted by atomic mass is 32.1. The molecule has 0 amide bonds. The van der Waals surface area contributed by atoms with Crippen molar-refractivity contribution < 1.29 is 13.2 Å². The molecule has 2 aromatic heterocycles. The van der Waals surface area contributed by atoms with Crippen LogP contribution in [-0.4, -0.2) is 46.7 Å². The van der Waals surface area contributed by atoms with Crippen molar-refractivity contribution in [3.05, 3.63) is 41.6 Å². The molecule has 3 heterocycles. The van der Waals surface area contributed by atoms with Crippen molar-refractivity contribution in [3.63, 3.8) is 0 Å². The van der Waals surface area contributed by atoms with Gasteiger partial charge in [-0.3, -0.25) is 4.90 Å². The Morgan fingerprint density at radius 3 is 2.63 bits per heavy atom. The number of nitrogens with one attached hydrogen (secondary N) is 1. The molecule has 0 aromatic carbocycles. The van der Waals surface area contributed by atoms with E-state index in [4.69, 9.17) is 0 Å². The number of nitrogens with zero attached hydrogens (tertiary/aromatic N) is 3. The summed E-state index contributed by atoms with van der Waals surface area (Å²) in [7, 11) is 0. The van der Waals surface area contributed by atoms with E-state index in [0.717, 1.165) is 55.0 Å². The summed E-state index contributed by atoms with van der Waals surface area (Å²) in [5.41, 5.74) is 2.06. The van der Waals surface area contributed by atoms with Gasteiger partial charge in [0.05, 0.1) is 11.8 Å². The molecule has 1 N–H and O–H groups in total. The summed E-state index contributed by atoms with van der Waals surface area (Å²) in [6, 6.07) is 1.80. The van der Waals surface area contributed by atoms with E-state index >= 15 is 0 Å². The molecule has 2 aromatic rings. The third-order valence-corrected chi connectivity index (χ3v) is 5.74. The van der Waals surface area contributed by atoms with Gasteiger partial charge in [-0.25, -0.2) is 9.97 Å². The van der Waals surface area contributed by atoms with Crippen LogP contribution in [-0.2, 0) is 6.42 Å². The summed E-state index contributed by atoms with van der Waals surface area (Å²) in [6.07, 6.45) is -1.87. The molecule has 0 bridgehead atoms. The van der Waals surface area contributed by atoms with Gasteiger partial charge < -0.3 is 5.32 Å². The molecule has 0 saturated carbocycles. The largest absolute Gasteiger partial charge is 0.393 e. The first-order valence-electron chi connectivity index (χ1n) is 8.84. The zero-order chi connectivity index (χ0) is 19.6. The van der Waals surface area contributed by atoms with Crippen LogP contribution in [0.25, 0.3) is 10.2 Å². The summed E-state index contributed by atoms with van der Waals surface area (Å²) in [6.45, 7) is 12.6. The Hall–Kier alpha value is -1.93. The highest BCUT2D eigenvalue weighted by Crippen LogP contribution is 2.33. The Balaban J connectivity index is 1.64. The van der Waals surface area contributed by atoms with Gasteiger partial charge in [0.15, 0.2) is 0 Å². The van der Waals surface area contributed by atoms with Crippen LogP contribution in [0.2, 0.25) is 0 Å². The van der Waals surface area contributed by atoms with Crippen molar-refractivity contribution in [3.8, 4) is 0 Å². The fraction of sp³-hybridized carbons (Fsp3) is 0.474. The molecule has 1 aliphatic heterocycles. The molecule has 0 aliphatic carbocycles. The van der Waals surface area contributed by atoms with E-state index in [2.05, 4.69) is 33.3 Å². The highest BCUT2D eigenvalue weighted by Gasteiger charge is 2.29. The minimum absolute atomic E-state index is 0.239. The fourth-order valence-corrected chi connectivity index (χ4v) is 4.17. The number of likely N-dealkylation sites (tertiary alicyclic amines) is 1. The lowest BCUT2D eigenvalue weighted by Crippen LogP contribution is -2.40. The molecule has 8 heteroatoms. The van der Waals surface area contributed by atoms with Gasteiger partial charge in [-0.05, 0) is 31.4 Å². The average Bonchev–Trinajstić information content (AvgIpc) is 2.98. The van der Waals surface area contributed by atoms with Gasteiger partial charge in [-0.2, -0.15) is 13.2 Å². The number of fused-ring (bicyclic) bond motifs is 1. The lowest BCUT2D eigenvalue weighted by Gasteiger charge is -2.33. The number of hydrogen-bond acceptors (Lipinski definition) is 5. The molecule has 0 unspecified atom stereocenters. The highest BCUT2D eigenvalue weighted by molar-refractivity contribution is 7.18. The van der Waals surface area contributed by atoms with Crippen molar-refractivity contribution in [2.45, 2.75) is 38.4 Å². The maximum Gasteiger partial charge on any atom is 0.393 e. The van der Waals surface area contributed by atoms with Crippen LogP contribution in [0, 0.1) is 0 Å². The number of halogens is 3. The summed E-state index contributed by atoms with van der Waals surface area (Å²) in [5, 5.41) is 4.07. The molecule has 146 valence electrons. The third-order valence-electron chi connectivity index (χ3n) is 4.70. The summed E-state index contributed by atoms with van der Waals surface area (Å²) >= 11 is 1.07. The second-order valence-corrected chi connectivity index (χ2v) is 8.14. The third kappa shape index (κ3) is 5.29. The van der Waals surface area contributed by atoms with Gasteiger partial charge >= 0.3 is 6.18 Å². The van der Waals surface area contributed by atoms with Gasteiger partial charge in [-0.15, -0.1) is 11.3 Å². The minimum atomic E-state index is -4.22. The number of aromatic nitrogens is 2. The normalized spacial score (nSPS) is 16.6. The number of piperidine rings is 1. The first kappa shape index (κ1) is 19.8. The van der Waals surface area contributed by atoms with E-state index in [-0.39, 0.29) is 10.9 Å². The van der Waals surface area contributed by atoms with Crippen molar-refractivity contribution in [1.82, 2.24) is 14.9 Å². The first-order valence-corrected chi connectivity index (χ1v) is 9.65. The molecule has 1 aliphatic rings. The van der Waals surface area contributed by atoms with Gasteiger partial charge in [0.1, 0.15) is 17.0 Å². The van der Waals surface area contributed by atoms with Crippen molar-refractivity contribution >= 4 is 27.4 Å². The SMILES string of the molecule is C=C(C)C(=C)CN1CCC(Nc2ncnc3sc(CC(F)(F)F)cc23)CC1. The monoisotopic (exact) mass is 396 g/mol. The quantitative estimate of drug-likeness (QED) is 0.712. The Morgan fingerprint density at radius 1 is 1.30 bits per heavy atom. The fourth-order valence-electron chi connectivity index (χ4n) is 3.14. The van der Waals surface area contributed by atoms with E-state index < -0.39 is 12.6 Å². The zero-order valence-corrected chi connectivity index (χ0v) is 16.1. The van der Waals surface area contributed by atoms with E-state index in [1.165, 1.54) is 6.33 Å². The Kier molecular flexibility index (Phi) is 5.86. The summed E-state index contributed by atoms with van der Waals surface area (Å²) < 4.78 is 38.0. The second kappa shape index (κ2) is 7.98. The molecule has 1 saturated heterocycles. The van der Waals surface area contributed by atoms with Crippen LogP contribution in [0.3, 0.4) is 0 Å². The molecular formula is C19H23F3N4S. The zero-order valence-electron chi connectivity index (χ0n) is 15.3. The van der Waals surface area contributed by atoms with Crippen LogP contribution >= 0.6 is 11.3 Å². The smallest absolute Gasteiger partial charge is 0.367 e. The van der Waals surface area contributed by atoms with Crippen LogP contribution in [0.4, 0.5) is 19.0 Å². The van der Waals surface area contributed by atoms with Crippen molar-refractivity contribution in [2.75, 3.05) is 25.0 Å². The molecule has 3 rings (SSSR count). The lowest BCUT2D eigenvalue weighted by molar-refractivity contribution is -0.126. The summed E-state index contributed by atoms with van der Waals surface area (Å²) in [5.74, 6) is 0.620. The topological polar surface area (TPSA) is 41.0 Å². The Labute approximate surface area is 160 Å². The van der Waals surface area contributed by atoms with Crippen LogP contribution in [0.5, 0.6) is 0 Å². The van der Waals surface area contributed by atoms with Crippen molar-refractivity contribution in [1.29, 1.82) is 0 Å². The molecule has 27 heavy (non-hydrogen) atoms. The molecule has 0 spiro atoms. The first-order chi connectivity index (χ1) is 12.7. The van der Waals surface area contributed by atoms with Gasteiger partial charge in [0.25, 0.3) is 0 Å². The number of thiophene rings is 1. The molecular weight excluding hydrogens is 373 g/mol. The van der Waals surface area contributed by atoms with E-state index in [9.17, 15) is 13.2 Å². The van der Waals surface area contributed by atoms with Gasteiger partial charge in [0.2, 0.25) is 0 Å². The minimum Gasteiger partial charge on any atom is -0.367 e. The number of hydrogen-bond donors (Lipinski definition) is 1. The molecule has 4 nitrogen and oxygen atoms in total. The van der Waals surface area contributed by atoms with E-state index in [0.29, 0.717) is 16.0 Å². The lowest BCUT2D eigenvalue weighted by atomic mass is 10.0. The number of alkyl halides is 3. The van der Waals surface area contributed by atoms with Crippen LogP contribution < -0.4 is 5.32 Å². The molecule has 1 fully saturated rings. The number of rotatable bonds is 6. The predicted molar refractivity (Wildman–Crippen MR) is 104 cm³/mol. The Bertz CT molecular complexity index is 835. The van der Waals surface area contributed by atoms with Crippen LogP contribution in [0.15, 0.2) is 36.7 Å². The summed E-state index contributed by atoms with van der Waals surface area (Å²) in [4.78, 5) is 11.6. The molecule has 0 atom stereocenters. The average molecular weight is 396 g/mol. The van der Waals surface area contributed by atoms with Crippen LogP contribution in [0.1, 0.15) is 24.6 Å².